The van der Waals surface area contributed by atoms with E-state index in [1.807, 2.05) is 24.3 Å². The van der Waals surface area contributed by atoms with Crippen molar-refractivity contribution in [2.45, 2.75) is 32.6 Å². The maximum absolute atomic E-state index is 12.7. The second-order valence-electron chi connectivity index (χ2n) is 6.55. The van der Waals surface area contributed by atoms with Crippen LogP contribution in [0, 0.1) is 0 Å². The predicted octanol–water partition coefficient (Wildman–Crippen LogP) is 2.80. The topological polar surface area (TPSA) is 88.7 Å². The summed E-state index contributed by atoms with van der Waals surface area (Å²) in [5, 5.41) is 1.03. The number of fused-ring (bicyclic) bond motifs is 3. The number of benzene rings is 1. The number of nitrogens with zero attached hydrogens (tertiary/aromatic N) is 1. The summed E-state index contributed by atoms with van der Waals surface area (Å²) < 4.78 is 9.82. The molecule has 2 heterocycles. The summed E-state index contributed by atoms with van der Waals surface area (Å²) in [6, 6.07) is 7.84. The zero-order valence-corrected chi connectivity index (χ0v) is 16.1. The van der Waals surface area contributed by atoms with Crippen LogP contribution in [0.1, 0.15) is 37.4 Å². The quantitative estimate of drug-likeness (QED) is 0.774. The van der Waals surface area contributed by atoms with E-state index in [-0.39, 0.29) is 31.3 Å². The van der Waals surface area contributed by atoms with Crippen LogP contribution in [0.25, 0.3) is 16.5 Å². The molecule has 3 rings (SSSR count). The molecule has 0 atom stereocenters. The van der Waals surface area contributed by atoms with Gasteiger partial charge in [-0.15, -0.1) is 0 Å². The molecule has 0 saturated heterocycles. The molecule has 1 aliphatic rings. The number of carbonyl (C=O) groups is 3. The Morgan fingerprint density at radius 1 is 1.18 bits per heavy atom. The number of methoxy groups -OCH3 is 1. The van der Waals surface area contributed by atoms with E-state index in [0.29, 0.717) is 30.7 Å². The molecule has 28 heavy (non-hydrogen) atoms. The molecule has 0 saturated carbocycles. The molecule has 0 aliphatic carbocycles. The minimum atomic E-state index is -0.468. The van der Waals surface area contributed by atoms with E-state index >= 15 is 0 Å². The molecule has 1 aliphatic heterocycles. The highest BCUT2D eigenvalue weighted by Crippen LogP contribution is 2.31. The standard InChI is InChI=1S/C21H24N2O5/c1-3-28-21(26)16-13-23(18(24)9-6-10-19(25)27-2)12-11-15-14-7-4-5-8-17(14)22-20(15)16/h4-5,7-8,13,22H,3,6,9-12H2,1-2H3. The first-order chi connectivity index (χ1) is 13.5. The number of para-hydroxylation sites is 1. The number of aromatic amines is 1. The second kappa shape index (κ2) is 8.73. The lowest BCUT2D eigenvalue weighted by molar-refractivity contribution is -0.141. The van der Waals surface area contributed by atoms with Gasteiger partial charge in [-0.05, 0) is 31.4 Å². The minimum absolute atomic E-state index is 0.139. The van der Waals surface area contributed by atoms with E-state index in [4.69, 9.17) is 4.74 Å². The highest BCUT2D eigenvalue weighted by atomic mass is 16.5. The molecule has 0 spiro atoms. The lowest BCUT2D eigenvalue weighted by Crippen LogP contribution is -2.27. The number of hydrogen-bond acceptors (Lipinski definition) is 5. The first kappa shape index (κ1) is 19.7. The molecular weight excluding hydrogens is 360 g/mol. The van der Waals surface area contributed by atoms with Crippen molar-refractivity contribution in [2.24, 2.45) is 0 Å². The van der Waals surface area contributed by atoms with Gasteiger partial charge in [-0.1, -0.05) is 18.2 Å². The van der Waals surface area contributed by atoms with Gasteiger partial charge in [0.05, 0.1) is 25.0 Å². The van der Waals surface area contributed by atoms with Crippen LogP contribution in [-0.2, 0) is 30.3 Å². The molecule has 0 bridgehead atoms. The van der Waals surface area contributed by atoms with Crippen LogP contribution in [0.2, 0.25) is 0 Å². The Morgan fingerprint density at radius 3 is 2.71 bits per heavy atom. The Labute approximate surface area is 163 Å². The van der Waals surface area contributed by atoms with Crippen molar-refractivity contribution >= 4 is 34.3 Å². The van der Waals surface area contributed by atoms with E-state index in [2.05, 4.69) is 9.72 Å². The van der Waals surface area contributed by atoms with Gasteiger partial charge < -0.3 is 19.4 Å². The molecule has 1 aromatic heterocycles. The average Bonchev–Trinajstić information content (AvgIpc) is 2.95. The minimum Gasteiger partial charge on any atom is -0.469 e. The third-order valence-electron chi connectivity index (χ3n) is 4.79. The summed E-state index contributed by atoms with van der Waals surface area (Å²) in [4.78, 5) is 41.3. The van der Waals surface area contributed by atoms with Crippen molar-refractivity contribution in [3.63, 3.8) is 0 Å². The van der Waals surface area contributed by atoms with E-state index in [0.717, 1.165) is 16.5 Å². The molecular formula is C21H24N2O5. The van der Waals surface area contributed by atoms with Crippen LogP contribution in [0.4, 0.5) is 0 Å². The molecule has 1 N–H and O–H groups in total. The van der Waals surface area contributed by atoms with E-state index in [1.165, 1.54) is 7.11 Å². The van der Waals surface area contributed by atoms with Gasteiger partial charge in [-0.2, -0.15) is 0 Å². The molecule has 7 heteroatoms. The Balaban J connectivity index is 1.89. The van der Waals surface area contributed by atoms with Crippen molar-refractivity contribution in [3.05, 3.63) is 41.7 Å². The molecule has 0 fully saturated rings. The summed E-state index contributed by atoms with van der Waals surface area (Å²) in [5.74, 6) is -0.947. The lowest BCUT2D eigenvalue weighted by Gasteiger charge is -2.17. The fraction of sp³-hybridized carbons (Fsp3) is 0.381. The first-order valence-corrected chi connectivity index (χ1v) is 9.40. The smallest absolute Gasteiger partial charge is 0.341 e. The van der Waals surface area contributed by atoms with Crippen LogP contribution < -0.4 is 0 Å². The van der Waals surface area contributed by atoms with Crippen LogP contribution in [0.5, 0.6) is 0 Å². The number of hydrogen-bond donors (Lipinski definition) is 1. The highest BCUT2D eigenvalue weighted by Gasteiger charge is 2.27. The van der Waals surface area contributed by atoms with Crippen molar-refractivity contribution in [1.29, 1.82) is 0 Å². The molecule has 148 valence electrons. The van der Waals surface area contributed by atoms with Gasteiger partial charge in [0.1, 0.15) is 0 Å². The second-order valence-corrected chi connectivity index (χ2v) is 6.55. The summed E-state index contributed by atoms with van der Waals surface area (Å²) in [7, 11) is 1.32. The van der Waals surface area contributed by atoms with Gasteiger partial charge in [-0.3, -0.25) is 9.59 Å². The van der Waals surface area contributed by atoms with Crippen LogP contribution in [-0.4, -0.2) is 48.0 Å². The number of rotatable bonds is 6. The summed E-state index contributed by atoms with van der Waals surface area (Å²) in [6.45, 7) is 2.45. The van der Waals surface area contributed by atoms with Crippen LogP contribution in [0.3, 0.4) is 0 Å². The van der Waals surface area contributed by atoms with Gasteiger partial charge in [0, 0.05) is 36.5 Å². The normalized spacial score (nSPS) is 13.5. The van der Waals surface area contributed by atoms with Gasteiger partial charge in [0.15, 0.2) is 0 Å². The van der Waals surface area contributed by atoms with Gasteiger partial charge >= 0.3 is 11.9 Å². The molecule has 2 aromatic rings. The van der Waals surface area contributed by atoms with Gasteiger partial charge in [0.25, 0.3) is 0 Å². The molecule has 1 amide bonds. The fourth-order valence-electron chi connectivity index (χ4n) is 3.40. The Kier molecular flexibility index (Phi) is 6.13. The van der Waals surface area contributed by atoms with E-state index < -0.39 is 5.97 Å². The summed E-state index contributed by atoms with van der Waals surface area (Å²) in [6.07, 6.45) is 2.98. The predicted molar refractivity (Wildman–Crippen MR) is 104 cm³/mol. The number of nitrogens with one attached hydrogen (secondary N) is 1. The number of aromatic nitrogens is 1. The van der Waals surface area contributed by atoms with Crippen molar-refractivity contribution in [2.75, 3.05) is 20.3 Å². The average molecular weight is 384 g/mol. The first-order valence-electron chi connectivity index (χ1n) is 9.40. The third-order valence-corrected chi connectivity index (χ3v) is 4.79. The van der Waals surface area contributed by atoms with Crippen molar-refractivity contribution in [1.82, 2.24) is 9.88 Å². The van der Waals surface area contributed by atoms with Gasteiger partial charge in [0.2, 0.25) is 5.91 Å². The number of carbonyl (C=O) groups excluding carboxylic acids is 3. The Morgan fingerprint density at radius 2 is 1.96 bits per heavy atom. The van der Waals surface area contributed by atoms with Crippen molar-refractivity contribution < 1.29 is 23.9 Å². The van der Waals surface area contributed by atoms with Crippen molar-refractivity contribution in [3.8, 4) is 0 Å². The SMILES string of the molecule is CCOC(=O)C1=CN(C(=O)CCCC(=O)OC)CCc2c1[nH]c1ccccc21. The fourth-order valence-corrected chi connectivity index (χ4v) is 3.40. The van der Waals surface area contributed by atoms with Crippen LogP contribution >= 0.6 is 0 Å². The third kappa shape index (κ3) is 4.08. The zero-order valence-electron chi connectivity index (χ0n) is 16.1. The Hall–Kier alpha value is -3.09. The summed E-state index contributed by atoms with van der Waals surface area (Å²) >= 11 is 0. The Bertz CT molecular complexity index is 928. The number of amides is 1. The maximum atomic E-state index is 12.7. The molecule has 0 radical (unpaired) electrons. The number of H-pyrrole nitrogens is 1. The van der Waals surface area contributed by atoms with E-state index in [1.54, 1.807) is 18.0 Å². The summed E-state index contributed by atoms with van der Waals surface area (Å²) in [5.41, 5.74) is 2.98. The largest absolute Gasteiger partial charge is 0.469 e. The highest BCUT2D eigenvalue weighted by molar-refractivity contribution is 6.18. The molecule has 7 nitrogen and oxygen atoms in total. The lowest BCUT2D eigenvalue weighted by atomic mass is 10.0. The maximum Gasteiger partial charge on any atom is 0.341 e. The monoisotopic (exact) mass is 384 g/mol. The zero-order chi connectivity index (χ0) is 20.1. The number of esters is 2. The number of ether oxygens (including phenoxy) is 2. The molecule has 1 aromatic carbocycles. The van der Waals surface area contributed by atoms with Crippen LogP contribution in [0.15, 0.2) is 30.5 Å². The van der Waals surface area contributed by atoms with Gasteiger partial charge in [-0.25, -0.2) is 4.79 Å². The van der Waals surface area contributed by atoms with E-state index in [9.17, 15) is 14.4 Å². The molecule has 0 unspecified atom stereocenters.